The lowest BCUT2D eigenvalue weighted by Gasteiger charge is -2.06. The van der Waals surface area contributed by atoms with Crippen molar-refractivity contribution in [2.24, 2.45) is 0 Å². The summed E-state index contributed by atoms with van der Waals surface area (Å²) in [7, 11) is 0. The summed E-state index contributed by atoms with van der Waals surface area (Å²) in [6.07, 6.45) is 2.59. The second kappa shape index (κ2) is 2.91. The number of aromatic nitrogens is 1. The van der Waals surface area contributed by atoms with Crippen molar-refractivity contribution in [1.82, 2.24) is 10.3 Å². The van der Waals surface area contributed by atoms with Crippen LogP contribution in [0.1, 0.15) is 29.5 Å². The first kappa shape index (κ1) is 7.25. The normalized spacial score (nSPS) is 24.3. The van der Waals surface area contributed by atoms with Crippen LogP contribution < -0.4 is 5.32 Å². The SMILES string of the molecule is Cc1ncsc1C1CCCN1. The Morgan fingerprint density at radius 2 is 2.64 bits per heavy atom. The van der Waals surface area contributed by atoms with Crippen LogP contribution in [0.2, 0.25) is 0 Å². The molecule has 1 aliphatic rings. The second-order valence-corrected chi connectivity index (χ2v) is 3.84. The third kappa shape index (κ3) is 1.30. The first-order valence-corrected chi connectivity index (χ1v) is 4.89. The second-order valence-electron chi connectivity index (χ2n) is 2.95. The number of hydrogen-bond donors (Lipinski definition) is 1. The molecule has 1 aliphatic heterocycles. The van der Waals surface area contributed by atoms with E-state index in [0.29, 0.717) is 6.04 Å². The average molecular weight is 168 g/mol. The highest BCUT2D eigenvalue weighted by Crippen LogP contribution is 2.28. The van der Waals surface area contributed by atoms with E-state index < -0.39 is 0 Å². The molecule has 0 spiro atoms. The number of thiazole rings is 1. The van der Waals surface area contributed by atoms with E-state index in [1.54, 1.807) is 11.3 Å². The molecule has 60 valence electrons. The van der Waals surface area contributed by atoms with Gasteiger partial charge >= 0.3 is 0 Å². The first-order chi connectivity index (χ1) is 5.38. The Morgan fingerprint density at radius 1 is 1.73 bits per heavy atom. The van der Waals surface area contributed by atoms with Crippen LogP contribution in [0, 0.1) is 6.92 Å². The van der Waals surface area contributed by atoms with Gasteiger partial charge in [0.15, 0.2) is 0 Å². The zero-order valence-corrected chi connectivity index (χ0v) is 7.45. The lowest BCUT2D eigenvalue weighted by Crippen LogP contribution is -2.12. The molecule has 1 saturated heterocycles. The number of hydrogen-bond acceptors (Lipinski definition) is 3. The monoisotopic (exact) mass is 168 g/mol. The lowest BCUT2D eigenvalue weighted by atomic mass is 10.2. The lowest BCUT2D eigenvalue weighted by molar-refractivity contribution is 0.654. The van der Waals surface area contributed by atoms with Gasteiger partial charge in [0.05, 0.1) is 11.2 Å². The summed E-state index contributed by atoms with van der Waals surface area (Å²) >= 11 is 1.77. The maximum atomic E-state index is 4.24. The van der Waals surface area contributed by atoms with E-state index in [2.05, 4.69) is 17.2 Å². The third-order valence-corrected chi connectivity index (χ3v) is 3.20. The molecule has 2 heterocycles. The summed E-state index contributed by atoms with van der Waals surface area (Å²) in [5, 5.41) is 3.47. The average Bonchev–Trinajstić information content (AvgIpc) is 2.55. The number of aryl methyl sites for hydroxylation is 1. The van der Waals surface area contributed by atoms with Gasteiger partial charge in [0.1, 0.15) is 0 Å². The minimum atomic E-state index is 0.600. The van der Waals surface area contributed by atoms with Crippen LogP contribution in [0.5, 0.6) is 0 Å². The molecule has 0 aromatic carbocycles. The van der Waals surface area contributed by atoms with Crippen LogP contribution in [0.3, 0.4) is 0 Å². The fourth-order valence-electron chi connectivity index (χ4n) is 1.55. The predicted octanol–water partition coefficient (Wildman–Crippen LogP) is 1.88. The molecule has 3 heteroatoms. The molecule has 1 N–H and O–H groups in total. The summed E-state index contributed by atoms with van der Waals surface area (Å²) in [4.78, 5) is 5.67. The van der Waals surface area contributed by atoms with Crippen molar-refractivity contribution in [2.45, 2.75) is 25.8 Å². The van der Waals surface area contributed by atoms with Crippen molar-refractivity contribution < 1.29 is 0 Å². The van der Waals surface area contributed by atoms with Gasteiger partial charge in [-0.05, 0) is 26.3 Å². The van der Waals surface area contributed by atoms with Gasteiger partial charge in [-0.15, -0.1) is 11.3 Å². The highest BCUT2D eigenvalue weighted by molar-refractivity contribution is 7.09. The molecule has 11 heavy (non-hydrogen) atoms. The van der Waals surface area contributed by atoms with Gasteiger partial charge in [-0.25, -0.2) is 4.98 Å². The molecule has 1 atom stereocenters. The van der Waals surface area contributed by atoms with Gasteiger partial charge in [-0.1, -0.05) is 0 Å². The summed E-state index contributed by atoms with van der Waals surface area (Å²) < 4.78 is 0. The third-order valence-electron chi connectivity index (χ3n) is 2.16. The van der Waals surface area contributed by atoms with E-state index in [-0.39, 0.29) is 0 Å². The standard InChI is InChI=1S/C8H12N2S/c1-6-8(11-5-10-6)7-3-2-4-9-7/h5,7,9H,2-4H2,1H3. The smallest absolute Gasteiger partial charge is 0.0798 e. The van der Waals surface area contributed by atoms with E-state index in [0.717, 1.165) is 0 Å². The Kier molecular flexibility index (Phi) is 1.92. The predicted molar refractivity (Wildman–Crippen MR) is 46.8 cm³/mol. The molecule has 0 bridgehead atoms. The largest absolute Gasteiger partial charge is 0.309 e. The van der Waals surface area contributed by atoms with Crippen molar-refractivity contribution in [3.05, 3.63) is 16.1 Å². The van der Waals surface area contributed by atoms with Crippen LogP contribution >= 0.6 is 11.3 Å². The molecule has 0 radical (unpaired) electrons. The molecular weight excluding hydrogens is 156 g/mol. The van der Waals surface area contributed by atoms with Crippen molar-refractivity contribution in [3.8, 4) is 0 Å². The zero-order valence-electron chi connectivity index (χ0n) is 6.63. The first-order valence-electron chi connectivity index (χ1n) is 4.01. The molecule has 0 amide bonds. The molecule has 0 aliphatic carbocycles. The molecule has 1 aromatic rings. The Morgan fingerprint density at radius 3 is 3.18 bits per heavy atom. The minimum Gasteiger partial charge on any atom is -0.309 e. The summed E-state index contributed by atoms with van der Waals surface area (Å²) in [6, 6.07) is 0.600. The van der Waals surface area contributed by atoms with Gasteiger partial charge in [0.2, 0.25) is 0 Å². The number of nitrogens with zero attached hydrogens (tertiary/aromatic N) is 1. The molecule has 1 unspecified atom stereocenters. The van der Waals surface area contributed by atoms with E-state index >= 15 is 0 Å². The maximum Gasteiger partial charge on any atom is 0.0798 e. The Hall–Kier alpha value is -0.410. The molecule has 0 saturated carbocycles. The van der Waals surface area contributed by atoms with E-state index in [1.165, 1.54) is 30.0 Å². The van der Waals surface area contributed by atoms with Crippen LogP contribution in [-0.4, -0.2) is 11.5 Å². The Bertz CT molecular complexity index is 238. The Labute approximate surface area is 70.7 Å². The maximum absolute atomic E-state index is 4.24. The highest BCUT2D eigenvalue weighted by Gasteiger charge is 2.19. The van der Waals surface area contributed by atoms with Crippen molar-refractivity contribution in [3.63, 3.8) is 0 Å². The van der Waals surface area contributed by atoms with Gasteiger partial charge in [-0.2, -0.15) is 0 Å². The van der Waals surface area contributed by atoms with E-state index in [1.807, 2.05) is 5.51 Å². The van der Waals surface area contributed by atoms with Gasteiger partial charge < -0.3 is 5.32 Å². The molecule has 1 fully saturated rings. The van der Waals surface area contributed by atoms with E-state index in [4.69, 9.17) is 0 Å². The summed E-state index contributed by atoms with van der Waals surface area (Å²) in [5.74, 6) is 0. The van der Waals surface area contributed by atoms with E-state index in [9.17, 15) is 0 Å². The van der Waals surface area contributed by atoms with Crippen LogP contribution in [0.15, 0.2) is 5.51 Å². The van der Waals surface area contributed by atoms with Crippen molar-refractivity contribution in [1.29, 1.82) is 0 Å². The quantitative estimate of drug-likeness (QED) is 0.692. The number of nitrogens with one attached hydrogen (secondary N) is 1. The Balaban J connectivity index is 2.21. The van der Waals surface area contributed by atoms with Gasteiger partial charge in [0, 0.05) is 10.9 Å². The fraction of sp³-hybridized carbons (Fsp3) is 0.625. The summed E-state index contributed by atoms with van der Waals surface area (Å²) in [6.45, 7) is 3.26. The highest BCUT2D eigenvalue weighted by atomic mass is 32.1. The molecule has 2 rings (SSSR count). The fourth-order valence-corrected chi connectivity index (χ4v) is 2.47. The summed E-state index contributed by atoms with van der Waals surface area (Å²) in [5.41, 5.74) is 3.14. The van der Waals surface area contributed by atoms with Gasteiger partial charge in [-0.3, -0.25) is 0 Å². The minimum absolute atomic E-state index is 0.600. The zero-order chi connectivity index (χ0) is 7.68. The van der Waals surface area contributed by atoms with Gasteiger partial charge in [0.25, 0.3) is 0 Å². The van der Waals surface area contributed by atoms with Crippen LogP contribution in [0.25, 0.3) is 0 Å². The molecule has 2 nitrogen and oxygen atoms in total. The van der Waals surface area contributed by atoms with Crippen LogP contribution in [0.4, 0.5) is 0 Å². The van der Waals surface area contributed by atoms with Crippen molar-refractivity contribution in [2.75, 3.05) is 6.54 Å². The molecular formula is C8H12N2S. The van der Waals surface area contributed by atoms with Crippen LogP contribution in [-0.2, 0) is 0 Å². The topological polar surface area (TPSA) is 24.9 Å². The van der Waals surface area contributed by atoms with Crippen molar-refractivity contribution >= 4 is 11.3 Å². The molecule has 1 aromatic heterocycles. The number of rotatable bonds is 1.